The van der Waals surface area contributed by atoms with E-state index in [1.54, 1.807) is 6.92 Å². The molecule has 0 saturated carbocycles. The Morgan fingerprint density at radius 3 is 2.79 bits per heavy atom. The summed E-state index contributed by atoms with van der Waals surface area (Å²) in [5.74, 6) is 0.974. The van der Waals surface area contributed by atoms with Gasteiger partial charge in [0.15, 0.2) is 0 Å². The number of aryl methyl sites for hydroxylation is 1. The molecule has 0 unspecified atom stereocenters. The lowest BCUT2D eigenvalue weighted by Crippen LogP contribution is -2.03. The van der Waals surface area contributed by atoms with Crippen LogP contribution in [0.25, 0.3) is 11.0 Å². The van der Waals surface area contributed by atoms with Gasteiger partial charge < -0.3 is 4.57 Å². The fourth-order valence-electron chi connectivity index (χ4n) is 1.58. The van der Waals surface area contributed by atoms with E-state index < -0.39 is 0 Å². The van der Waals surface area contributed by atoms with Crippen molar-refractivity contribution >= 4 is 16.8 Å². The third-order valence-corrected chi connectivity index (χ3v) is 2.29. The van der Waals surface area contributed by atoms with Gasteiger partial charge in [-0.3, -0.25) is 4.79 Å². The standard InChI is InChI=1S/C11H12N2O/c1-8(14)7-11-12-9-5-3-4-6-10(9)13(11)2/h3-6H,7H2,1-2H3. The lowest BCUT2D eigenvalue weighted by molar-refractivity contribution is -0.116. The highest BCUT2D eigenvalue weighted by atomic mass is 16.1. The van der Waals surface area contributed by atoms with E-state index in [4.69, 9.17) is 0 Å². The molecule has 0 aliphatic heterocycles. The quantitative estimate of drug-likeness (QED) is 0.719. The summed E-state index contributed by atoms with van der Waals surface area (Å²) < 4.78 is 1.97. The molecule has 3 heteroatoms. The molecule has 1 aromatic carbocycles. The van der Waals surface area contributed by atoms with Gasteiger partial charge in [0, 0.05) is 7.05 Å². The SMILES string of the molecule is CC(=O)Cc1nc2ccccc2n1C. The third kappa shape index (κ3) is 1.41. The molecule has 0 atom stereocenters. The van der Waals surface area contributed by atoms with Gasteiger partial charge in [0.05, 0.1) is 17.5 Å². The molecule has 1 heterocycles. The number of carbonyl (C=O) groups is 1. The normalized spacial score (nSPS) is 10.7. The molecule has 2 aromatic rings. The molecule has 0 spiro atoms. The maximum atomic E-state index is 11.0. The molecule has 0 N–H and O–H groups in total. The van der Waals surface area contributed by atoms with E-state index in [9.17, 15) is 4.79 Å². The van der Waals surface area contributed by atoms with E-state index in [-0.39, 0.29) is 5.78 Å². The molecule has 0 radical (unpaired) electrons. The van der Waals surface area contributed by atoms with Crippen molar-refractivity contribution in [3.8, 4) is 0 Å². The number of hydrogen-bond acceptors (Lipinski definition) is 2. The first-order valence-corrected chi connectivity index (χ1v) is 4.58. The Morgan fingerprint density at radius 1 is 1.43 bits per heavy atom. The number of fused-ring (bicyclic) bond motifs is 1. The molecule has 0 amide bonds. The number of nitrogens with zero attached hydrogens (tertiary/aromatic N) is 2. The summed E-state index contributed by atoms with van der Waals surface area (Å²) in [4.78, 5) is 15.4. The molecular weight excluding hydrogens is 176 g/mol. The summed E-state index contributed by atoms with van der Waals surface area (Å²) in [6.07, 6.45) is 0.408. The van der Waals surface area contributed by atoms with E-state index in [0.717, 1.165) is 16.9 Å². The number of carbonyl (C=O) groups excluding carboxylic acids is 1. The van der Waals surface area contributed by atoms with Crippen LogP contribution in [0.4, 0.5) is 0 Å². The minimum atomic E-state index is 0.142. The summed E-state index contributed by atoms with van der Waals surface area (Å²) >= 11 is 0. The monoisotopic (exact) mass is 188 g/mol. The highest BCUT2D eigenvalue weighted by Crippen LogP contribution is 2.14. The third-order valence-electron chi connectivity index (χ3n) is 2.29. The van der Waals surface area contributed by atoms with Crippen LogP contribution in [0.3, 0.4) is 0 Å². The summed E-state index contributed by atoms with van der Waals surface area (Å²) in [6.45, 7) is 1.58. The second kappa shape index (κ2) is 3.25. The number of Topliss-reactive ketones (excluding diaryl/α,β-unsaturated/α-hetero) is 1. The van der Waals surface area contributed by atoms with E-state index in [2.05, 4.69) is 4.98 Å². The molecule has 0 aliphatic rings. The largest absolute Gasteiger partial charge is 0.331 e. The summed E-state index contributed by atoms with van der Waals surface area (Å²) in [7, 11) is 1.94. The van der Waals surface area contributed by atoms with E-state index in [1.807, 2.05) is 35.9 Å². The van der Waals surface area contributed by atoms with Crippen molar-refractivity contribution in [1.29, 1.82) is 0 Å². The van der Waals surface area contributed by atoms with Crippen LogP contribution in [-0.2, 0) is 18.3 Å². The van der Waals surface area contributed by atoms with Crippen LogP contribution < -0.4 is 0 Å². The van der Waals surface area contributed by atoms with Gasteiger partial charge >= 0.3 is 0 Å². The number of rotatable bonds is 2. The van der Waals surface area contributed by atoms with Crippen molar-refractivity contribution in [2.24, 2.45) is 7.05 Å². The predicted molar refractivity (Wildman–Crippen MR) is 55.1 cm³/mol. The number of para-hydroxylation sites is 2. The fourth-order valence-corrected chi connectivity index (χ4v) is 1.58. The highest BCUT2D eigenvalue weighted by molar-refractivity contribution is 5.80. The van der Waals surface area contributed by atoms with Crippen molar-refractivity contribution in [3.05, 3.63) is 30.1 Å². The molecule has 0 fully saturated rings. The summed E-state index contributed by atoms with van der Waals surface area (Å²) in [5, 5.41) is 0. The topological polar surface area (TPSA) is 34.9 Å². The van der Waals surface area contributed by atoms with Crippen LogP contribution in [0.1, 0.15) is 12.7 Å². The van der Waals surface area contributed by atoms with Crippen LogP contribution in [0.15, 0.2) is 24.3 Å². The Morgan fingerprint density at radius 2 is 2.14 bits per heavy atom. The average Bonchev–Trinajstić information content (AvgIpc) is 2.44. The molecule has 14 heavy (non-hydrogen) atoms. The zero-order chi connectivity index (χ0) is 10.1. The minimum Gasteiger partial charge on any atom is -0.331 e. The van der Waals surface area contributed by atoms with Crippen molar-refractivity contribution in [3.63, 3.8) is 0 Å². The van der Waals surface area contributed by atoms with Gasteiger partial charge in [-0.25, -0.2) is 4.98 Å². The minimum absolute atomic E-state index is 0.142. The van der Waals surface area contributed by atoms with E-state index >= 15 is 0 Å². The molecule has 1 aromatic heterocycles. The van der Waals surface area contributed by atoms with Crippen molar-refractivity contribution < 1.29 is 4.79 Å². The summed E-state index contributed by atoms with van der Waals surface area (Å²) in [5.41, 5.74) is 2.02. The number of imidazole rings is 1. The average molecular weight is 188 g/mol. The second-order valence-electron chi connectivity index (χ2n) is 3.45. The molecule has 0 aliphatic carbocycles. The van der Waals surface area contributed by atoms with Gasteiger partial charge in [-0.1, -0.05) is 12.1 Å². The van der Waals surface area contributed by atoms with Gasteiger partial charge in [-0.15, -0.1) is 0 Å². The maximum absolute atomic E-state index is 11.0. The van der Waals surface area contributed by atoms with Gasteiger partial charge in [-0.05, 0) is 19.1 Å². The van der Waals surface area contributed by atoms with Gasteiger partial charge in [-0.2, -0.15) is 0 Å². The maximum Gasteiger partial charge on any atom is 0.137 e. The Balaban J connectivity index is 2.57. The van der Waals surface area contributed by atoms with E-state index in [1.165, 1.54) is 0 Å². The smallest absolute Gasteiger partial charge is 0.137 e. The van der Waals surface area contributed by atoms with Crippen LogP contribution in [0.5, 0.6) is 0 Å². The first-order chi connectivity index (χ1) is 6.68. The first kappa shape index (κ1) is 8.94. The zero-order valence-corrected chi connectivity index (χ0v) is 8.32. The van der Waals surface area contributed by atoms with Gasteiger partial charge in [0.25, 0.3) is 0 Å². The fraction of sp³-hybridized carbons (Fsp3) is 0.273. The molecule has 2 rings (SSSR count). The first-order valence-electron chi connectivity index (χ1n) is 4.58. The molecule has 72 valence electrons. The van der Waals surface area contributed by atoms with Crippen LogP contribution in [0.2, 0.25) is 0 Å². The number of ketones is 1. The van der Waals surface area contributed by atoms with Crippen molar-refractivity contribution in [2.45, 2.75) is 13.3 Å². The van der Waals surface area contributed by atoms with Crippen molar-refractivity contribution in [1.82, 2.24) is 9.55 Å². The Kier molecular flexibility index (Phi) is 2.08. The predicted octanol–water partition coefficient (Wildman–Crippen LogP) is 1.70. The zero-order valence-electron chi connectivity index (χ0n) is 8.32. The number of hydrogen-bond donors (Lipinski definition) is 0. The number of benzene rings is 1. The van der Waals surface area contributed by atoms with Crippen molar-refractivity contribution in [2.75, 3.05) is 0 Å². The molecule has 0 saturated heterocycles. The molecule has 3 nitrogen and oxygen atoms in total. The lowest BCUT2D eigenvalue weighted by Gasteiger charge is -1.98. The van der Waals surface area contributed by atoms with Crippen LogP contribution >= 0.6 is 0 Å². The molecular formula is C11H12N2O. The van der Waals surface area contributed by atoms with Crippen LogP contribution in [-0.4, -0.2) is 15.3 Å². The Bertz CT molecular complexity index is 485. The Labute approximate surface area is 82.4 Å². The summed E-state index contributed by atoms with van der Waals surface area (Å²) in [6, 6.07) is 7.89. The highest BCUT2D eigenvalue weighted by Gasteiger charge is 2.07. The second-order valence-corrected chi connectivity index (χ2v) is 3.45. The van der Waals surface area contributed by atoms with Gasteiger partial charge in [0.1, 0.15) is 11.6 Å². The Hall–Kier alpha value is -1.64. The number of aromatic nitrogens is 2. The lowest BCUT2D eigenvalue weighted by atomic mass is 10.3. The van der Waals surface area contributed by atoms with Crippen LogP contribution in [0, 0.1) is 0 Å². The molecule has 0 bridgehead atoms. The van der Waals surface area contributed by atoms with Gasteiger partial charge in [0.2, 0.25) is 0 Å². The van der Waals surface area contributed by atoms with E-state index in [0.29, 0.717) is 6.42 Å².